The average Bonchev–Trinajstić information content (AvgIpc) is 3.78. The molecule has 10 rings (SSSR count). The quantitative estimate of drug-likeness (QED) is 0.0754. The summed E-state index contributed by atoms with van der Waals surface area (Å²) in [5.74, 6) is -0.306. The molecule has 1 spiro atoms. The van der Waals surface area contributed by atoms with Crippen molar-refractivity contribution in [1.29, 1.82) is 0 Å². The molecule has 4 fully saturated rings. The molecule has 5 aliphatic rings. The van der Waals surface area contributed by atoms with E-state index < -0.39 is 47.0 Å². The highest BCUT2D eigenvalue weighted by atomic mass is 32.2. The van der Waals surface area contributed by atoms with Crippen molar-refractivity contribution in [2.75, 3.05) is 48.0 Å². The van der Waals surface area contributed by atoms with Crippen molar-refractivity contribution in [3.8, 4) is 17.4 Å². The lowest BCUT2D eigenvalue weighted by molar-refractivity contribution is -0.384. The van der Waals surface area contributed by atoms with Gasteiger partial charge in [-0.25, -0.2) is 18.1 Å². The van der Waals surface area contributed by atoms with Crippen molar-refractivity contribution >= 4 is 53.9 Å². The Morgan fingerprint density at radius 3 is 2.54 bits per heavy atom. The molecule has 1 amide bonds. The molecule has 4 N–H and O–H groups in total. The molecule has 20 heteroatoms. The van der Waals surface area contributed by atoms with Gasteiger partial charge in [-0.1, -0.05) is 38.1 Å². The van der Waals surface area contributed by atoms with Crippen LogP contribution < -0.4 is 24.4 Å². The van der Waals surface area contributed by atoms with E-state index in [2.05, 4.69) is 60.8 Å². The van der Waals surface area contributed by atoms with Crippen LogP contribution in [-0.4, -0.2) is 108 Å². The maximum absolute atomic E-state index is 14.1. The summed E-state index contributed by atoms with van der Waals surface area (Å²) >= 11 is 0. The number of nitro groups is 1. The lowest BCUT2D eigenvalue weighted by atomic mass is 9.59. The van der Waals surface area contributed by atoms with E-state index in [0.717, 1.165) is 61.5 Å². The van der Waals surface area contributed by atoms with Crippen LogP contribution in [0.3, 0.4) is 0 Å². The fraction of sp³-hybridized carbons (Fsp3) is 0.490. The lowest BCUT2D eigenvalue weighted by Crippen LogP contribution is -2.58. The van der Waals surface area contributed by atoms with Crippen LogP contribution in [0.5, 0.6) is 17.4 Å². The average molecular weight is 983 g/mol. The third-order valence-corrected chi connectivity index (χ3v) is 18.1. The van der Waals surface area contributed by atoms with Crippen molar-refractivity contribution in [3.05, 3.63) is 99.9 Å². The van der Waals surface area contributed by atoms with Gasteiger partial charge in [-0.3, -0.25) is 19.8 Å². The minimum Gasteiger partial charge on any atom is -0.474 e. The van der Waals surface area contributed by atoms with Crippen LogP contribution in [0.4, 0.5) is 17.1 Å². The zero-order chi connectivity index (χ0) is 48.5. The second kappa shape index (κ2) is 17.8. The Bertz CT molecular complexity index is 3030. The fourth-order valence-electron chi connectivity index (χ4n) is 11.3. The normalized spacial score (nSPS) is 24.8. The summed E-state index contributed by atoms with van der Waals surface area (Å²) in [6, 6.07) is 17.4. The second-order valence-electron chi connectivity index (χ2n) is 20.3. The van der Waals surface area contributed by atoms with Gasteiger partial charge in [-0.2, -0.15) is 13.4 Å². The zero-order valence-corrected chi connectivity index (χ0v) is 40.5. The van der Waals surface area contributed by atoms with Crippen molar-refractivity contribution in [1.82, 2.24) is 24.6 Å². The molecule has 366 valence electrons. The Balaban J connectivity index is 0.860. The van der Waals surface area contributed by atoms with E-state index in [0.29, 0.717) is 43.6 Å². The molecule has 2 aliphatic carbocycles. The summed E-state index contributed by atoms with van der Waals surface area (Å²) in [6.07, 6.45) is 9.53. The number of anilines is 2. The van der Waals surface area contributed by atoms with E-state index in [1.54, 1.807) is 31.3 Å². The molecule has 5 aromatic rings. The van der Waals surface area contributed by atoms with Crippen molar-refractivity contribution in [3.63, 3.8) is 0 Å². The first-order chi connectivity index (χ1) is 32.8. The van der Waals surface area contributed by atoms with Gasteiger partial charge in [-0.05, 0) is 111 Å². The maximum atomic E-state index is 14.1. The third kappa shape index (κ3) is 9.47. The molecule has 0 bridgehead atoms. The molecule has 2 aromatic carbocycles. The van der Waals surface area contributed by atoms with Crippen LogP contribution in [0.1, 0.15) is 106 Å². The number of rotatable bonds is 11. The van der Waals surface area contributed by atoms with Gasteiger partial charge in [0.05, 0.1) is 45.9 Å². The smallest absolute Gasteiger partial charge is 0.300 e. The number of benzene rings is 2. The van der Waals surface area contributed by atoms with Crippen LogP contribution in [0.2, 0.25) is 0 Å². The van der Waals surface area contributed by atoms with Crippen molar-refractivity contribution in [2.45, 2.75) is 107 Å². The highest BCUT2D eigenvalue weighted by Crippen LogP contribution is 2.54. The Hall–Kier alpha value is -5.83. The van der Waals surface area contributed by atoms with Crippen LogP contribution in [0.25, 0.3) is 11.0 Å². The van der Waals surface area contributed by atoms with Gasteiger partial charge in [0, 0.05) is 55.1 Å². The van der Waals surface area contributed by atoms with E-state index in [1.807, 2.05) is 18.2 Å². The third-order valence-electron chi connectivity index (χ3n) is 15.3. The van der Waals surface area contributed by atoms with Crippen molar-refractivity contribution in [2.24, 2.45) is 11.3 Å². The predicted octanol–water partition coefficient (Wildman–Crippen LogP) is 7.24. The molecule has 2 atom stereocenters. The number of amides is 1. The minimum atomic E-state index is -4.81. The SMILES string of the molecule is CC(C)c1ccccc1[C@H]1CS(=O)(=O)CCN1C1CC2(CCN(c3ccc(C(=O)NS(=O)(=O)c4cc([N+](=O)[O-])c5c(n4)OC[C@H]([C@H]4CC[C@](C)(O)CC4)N5)c(Oc4cnc5[nH]ccc5c4)c3)CC2)C1. The number of ether oxygens (including phenoxy) is 2. The van der Waals surface area contributed by atoms with Gasteiger partial charge in [0.25, 0.3) is 15.9 Å². The predicted molar refractivity (Wildman–Crippen MR) is 259 cm³/mol. The summed E-state index contributed by atoms with van der Waals surface area (Å²) in [4.78, 5) is 42.0. The van der Waals surface area contributed by atoms with E-state index in [1.165, 1.54) is 17.8 Å². The van der Waals surface area contributed by atoms with Gasteiger partial charge < -0.3 is 29.8 Å². The van der Waals surface area contributed by atoms with Crippen molar-refractivity contribution < 1.29 is 41.1 Å². The molecule has 6 heterocycles. The summed E-state index contributed by atoms with van der Waals surface area (Å²) < 4.78 is 68.1. The van der Waals surface area contributed by atoms with E-state index >= 15 is 0 Å². The number of sulfonamides is 1. The molecule has 2 saturated carbocycles. The van der Waals surface area contributed by atoms with Crippen LogP contribution in [0.15, 0.2) is 78.1 Å². The zero-order valence-electron chi connectivity index (χ0n) is 38.9. The number of aromatic amines is 1. The second-order valence-corrected chi connectivity index (χ2v) is 24.2. The maximum Gasteiger partial charge on any atom is 0.300 e. The number of aliphatic hydroxyl groups is 1. The molecule has 69 heavy (non-hydrogen) atoms. The van der Waals surface area contributed by atoms with Gasteiger partial charge in [0.15, 0.2) is 20.6 Å². The minimum absolute atomic E-state index is 0.0459. The van der Waals surface area contributed by atoms with E-state index in [-0.39, 0.29) is 76.4 Å². The summed E-state index contributed by atoms with van der Waals surface area (Å²) in [5, 5.41) is 26.0. The van der Waals surface area contributed by atoms with Gasteiger partial charge >= 0.3 is 5.69 Å². The number of fused-ring (bicyclic) bond motifs is 2. The number of nitrogens with one attached hydrogen (secondary N) is 3. The molecule has 0 unspecified atom stereocenters. The van der Waals surface area contributed by atoms with E-state index in [4.69, 9.17) is 9.47 Å². The van der Waals surface area contributed by atoms with Crippen LogP contribution in [-0.2, 0) is 19.9 Å². The standard InChI is InChI=1S/C49H58N8O10S2/c1-30(2)36-6-4-5-7-37(36)41-29-68(62,63)21-20-56(41)34-25-49(26-34)15-18-55(19-16-49)33-8-9-38(42(23-33)67-35-22-32-12-17-50-45(32)51-27-35)46(58)54-69(64,65)43-24-40(57(60)61)44-47(53-43)66-28-39(52-44)31-10-13-48(3,59)14-11-31/h4-9,12,17,22-24,27,30-31,34,39,41,52,59H,10-11,13-16,18-21,25-26,28-29H2,1-3H3,(H,50,51)(H,54,58)/t31-,39-,41-,48-/m1/s1. The number of carbonyl (C=O) groups excluding carboxylic acids is 1. The first-order valence-corrected chi connectivity index (χ1v) is 27.1. The Morgan fingerprint density at radius 1 is 1.04 bits per heavy atom. The highest BCUT2D eigenvalue weighted by molar-refractivity contribution is 7.91. The Kier molecular flexibility index (Phi) is 12.1. The largest absolute Gasteiger partial charge is 0.474 e. The van der Waals surface area contributed by atoms with E-state index in [9.17, 15) is 36.9 Å². The van der Waals surface area contributed by atoms with Crippen LogP contribution >= 0.6 is 0 Å². The van der Waals surface area contributed by atoms with Gasteiger partial charge in [0.2, 0.25) is 5.88 Å². The summed E-state index contributed by atoms with van der Waals surface area (Å²) in [5.41, 5.74) is 2.32. The highest BCUT2D eigenvalue weighted by Gasteiger charge is 2.51. The number of carbonyl (C=O) groups is 1. The number of sulfone groups is 1. The number of hydrogen-bond acceptors (Lipinski definition) is 15. The molecular formula is C49H58N8O10S2. The molecule has 18 nitrogen and oxygen atoms in total. The number of nitrogens with zero attached hydrogens (tertiary/aromatic N) is 5. The molecule has 3 aromatic heterocycles. The first-order valence-electron chi connectivity index (χ1n) is 23.8. The van der Waals surface area contributed by atoms with Gasteiger partial charge in [-0.15, -0.1) is 0 Å². The Labute approximate surface area is 401 Å². The molecular weight excluding hydrogens is 925 g/mol. The first kappa shape index (κ1) is 46.9. The number of aromatic nitrogens is 3. The topological polar surface area (TPSA) is 239 Å². The monoisotopic (exact) mass is 982 g/mol. The van der Waals surface area contributed by atoms with Gasteiger partial charge in [0.1, 0.15) is 23.8 Å². The number of H-pyrrole nitrogens is 1. The summed E-state index contributed by atoms with van der Waals surface area (Å²) in [6.45, 7) is 8.13. The molecule has 2 saturated heterocycles. The number of piperidine rings is 1. The van der Waals surface area contributed by atoms with Crippen LogP contribution in [0, 0.1) is 21.4 Å². The lowest BCUT2D eigenvalue weighted by Gasteiger charge is -2.57. The Morgan fingerprint density at radius 2 is 1.80 bits per heavy atom. The molecule has 3 aliphatic heterocycles. The molecule has 0 radical (unpaired) electrons. The summed E-state index contributed by atoms with van der Waals surface area (Å²) in [7, 11) is -7.98. The fourth-order valence-corrected chi connectivity index (χ4v) is 13.8. The number of pyridine rings is 2. The number of hydrogen-bond donors (Lipinski definition) is 4.